The van der Waals surface area contributed by atoms with Gasteiger partial charge in [0.2, 0.25) is 0 Å². The molecule has 0 aromatic heterocycles. The first kappa shape index (κ1) is 10.7. The van der Waals surface area contributed by atoms with Crippen molar-refractivity contribution in [3.8, 4) is 0 Å². The van der Waals surface area contributed by atoms with Crippen LogP contribution < -0.4 is 0 Å². The SMILES string of the molecule is CC(P)c1cccc2cc3ccccc3cc12. The fourth-order valence-electron chi connectivity index (χ4n) is 2.39. The van der Waals surface area contributed by atoms with Gasteiger partial charge in [0.15, 0.2) is 0 Å². The lowest BCUT2D eigenvalue weighted by molar-refractivity contribution is 1.12. The quantitative estimate of drug-likeness (QED) is 0.416. The van der Waals surface area contributed by atoms with E-state index in [-0.39, 0.29) is 0 Å². The number of benzene rings is 3. The molecule has 0 radical (unpaired) electrons. The summed E-state index contributed by atoms with van der Waals surface area (Å²) in [6, 6.07) is 19.7. The Morgan fingerprint density at radius 1 is 0.824 bits per heavy atom. The van der Waals surface area contributed by atoms with Gasteiger partial charge in [-0.2, -0.15) is 0 Å². The van der Waals surface area contributed by atoms with Gasteiger partial charge in [-0.3, -0.25) is 0 Å². The van der Waals surface area contributed by atoms with Crippen molar-refractivity contribution >= 4 is 30.8 Å². The molecule has 0 heterocycles. The zero-order valence-corrected chi connectivity index (χ0v) is 11.0. The first-order valence-electron chi connectivity index (χ1n) is 5.93. The highest BCUT2D eigenvalue weighted by molar-refractivity contribution is 7.17. The lowest BCUT2D eigenvalue weighted by Crippen LogP contribution is -1.86. The summed E-state index contributed by atoms with van der Waals surface area (Å²) >= 11 is 0. The first-order chi connectivity index (χ1) is 8.25. The largest absolute Gasteiger partial charge is 0.130 e. The minimum absolute atomic E-state index is 0.486. The topological polar surface area (TPSA) is 0 Å². The molecule has 0 amide bonds. The minimum atomic E-state index is 0.486. The van der Waals surface area contributed by atoms with Crippen molar-refractivity contribution in [2.45, 2.75) is 12.6 Å². The van der Waals surface area contributed by atoms with Crippen LogP contribution in [0.25, 0.3) is 21.5 Å². The summed E-state index contributed by atoms with van der Waals surface area (Å²) in [7, 11) is 2.88. The van der Waals surface area contributed by atoms with Crippen molar-refractivity contribution in [2.75, 3.05) is 0 Å². The normalized spacial score (nSPS) is 13.1. The van der Waals surface area contributed by atoms with Gasteiger partial charge in [0.05, 0.1) is 0 Å². The molecular weight excluding hydrogens is 223 g/mol. The van der Waals surface area contributed by atoms with Gasteiger partial charge in [-0.1, -0.05) is 49.4 Å². The Bertz CT molecular complexity index is 683. The molecule has 3 aromatic rings. The molecule has 17 heavy (non-hydrogen) atoms. The number of hydrogen-bond acceptors (Lipinski definition) is 0. The van der Waals surface area contributed by atoms with Crippen LogP contribution in [0.15, 0.2) is 54.6 Å². The molecule has 0 aliphatic carbocycles. The molecule has 2 unspecified atom stereocenters. The Balaban J connectivity index is 2.43. The average Bonchev–Trinajstić information content (AvgIpc) is 2.35. The predicted molar refractivity (Wildman–Crippen MR) is 79.6 cm³/mol. The van der Waals surface area contributed by atoms with Crippen molar-refractivity contribution in [1.29, 1.82) is 0 Å². The summed E-state index contributed by atoms with van der Waals surface area (Å²) in [5.74, 6) is 0. The van der Waals surface area contributed by atoms with Crippen molar-refractivity contribution < 1.29 is 0 Å². The smallest absolute Gasteiger partial charge is 0.00367 e. The van der Waals surface area contributed by atoms with Gasteiger partial charge in [0.1, 0.15) is 0 Å². The molecule has 0 aliphatic heterocycles. The van der Waals surface area contributed by atoms with E-state index in [9.17, 15) is 0 Å². The summed E-state index contributed by atoms with van der Waals surface area (Å²) < 4.78 is 0. The van der Waals surface area contributed by atoms with Gasteiger partial charge in [0.25, 0.3) is 0 Å². The summed E-state index contributed by atoms with van der Waals surface area (Å²) in [6.45, 7) is 2.22. The van der Waals surface area contributed by atoms with Gasteiger partial charge in [-0.15, -0.1) is 9.24 Å². The molecule has 0 N–H and O–H groups in total. The van der Waals surface area contributed by atoms with E-state index in [4.69, 9.17) is 0 Å². The molecule has 0 fully saturated rings. The molecular formula is C16H15P. The Morgan fingerprint density at radius 2 is 1.47 bits per heavy atom. The zero-order chi connectivity index (χ0) is 11.8. The molecule has 0 saturated heterocycles. The maximum absolute atomic E-state index is 2.88. The zero-order valence-electron chi connectivity index (χ0n) is 9.85. The minimum Gasteiger partial charge on any atom is -0.130 e. The van der Waals surface area contributed by atoms with Crippen LogP contribution in [0.2, 0.25) is 0 Å². The fraction of sp³-hybridized carbons (Fsp3) is 0.125. The lowest BCUT2D eigenvalue weighted by Gasteiger charge is -2.10. The molecule has 1 heteroatoms. The summed E-state index contributed by atoms with van der Waals surface area (Å²) in [5.41, 5.74) is 1.89. The van der Waals surface area contributed by atoms with E-state index in [2.05, 4.69) is 70.8 Å². The second-order valence-electron chi connectivity index (χ2n) is 4.56. The van der Waals surface area contributed by atoms with Crippen LogP contribution in [0, 0.1) is 0 Å². The van der Waals surface area contributed by atoms with Gasteiger partial charge in [-0.25, -0.2) is 0 Å². The van der Waals surface area contributed by atoms with Crippen LogP contribution in [0.5, 0.6) is 0 Å². The molecule has 0 spiro atoms. The fourth-order valence-corrected chi connectivity index (χ4v) is 2.68. The van der Waals surface area contributed by atoms with E-state index in [1.165, 1.54) is 27.1 Å². The second-order valence-corrected chi connectivity index (χ2v) is 5.56. The van der Waals surface area contributed by atoms with E-state index in [0.29, 0.717) is 5.66 Å². The van der Waals surface area contributed by atoms with Crippen LogP contribution in [0.4, 0.5) is 0 Å². The Labute approximate surface area is 104 Å². The summed E-state index contributed by atoms with van der Waals surface area (Å²) in [4.78, 5) is 0. The third-order valence-electron chi connectivity index (χ3n) is 3.27. The molecule has 2 atom stereocenters. The average molecular weight is 238 g/mol. The van der Waals surface area contributed by atoms with Crippen LogP contribution in [0.3, 0.4) is 0 Å². The lowest BCUT2D eigenvalue weighted by atomic mass is 9.98. The molecule has 3 rings (SSSR count). The van der Waals surface area contributed by atoms with E-state index >= 15 is 0 Å². The Kier molecular flexibility index (Phi) is 2.61. The van der Waals surface area contributed by atoms with Crippen LogP contribution in [-0.2, 0) is 0 Å². The molecule has 0 bridgehead atoms. The Hall–Kier alpha value is -1.39. The van der Waals surface area contributed by atoms with E-state index in [0.717, 1.165) is 0 Å². The number of fused-ring (bicyclic) bond motifs is 2. The van der Waals surface area contributed by atoms with Crippen molar-refractivity contribution in [3.63, 3.8) is 0 Å². The van der Waals surface area contributed by atoms with Crippen molar-refractivity contribution in [1.82, 2.24) is 0 Å². The number of hydrogen-bond donors (Lipinski definition) is 0. The second kappa shape index (κ2) is 4.13. The van der Waals surface area contributed by atoms with Gasteiger partial charge >= 0.3 is 0 Å². The third-order valence-corrected chi connectivity index (χ3v) is 3.63. The highest BCUT2D eigenvalue weighted by atomic mass is 31.0. The molecule has 0 nitrogen and oxygen atoms in total. The van der Waals surface area contributed by atoms with Crippen molar-refractivity contribution in [3.05, 3.63) is 60.2 Å². The summed E-state index contributed by atoms with van der Waals surface area (Å²) in [5, 5.41) is 5.33. The van der Waals surface area contributed by atoms with Gasteiger partial charge in [-0.05, 0) is 44.9 Å². The van der Waals surface area contributed by atoms with Gasteiger partial charge < -0.3 is 0 Å². The predicted octanol–water partition coefficient (Wildman–Crippen LogP) is 4.93. The van der Waals surface area contributed by atoms with E-state index in [1.54, 1.807) is 0 Å². The summed E-state index contributed by atoms with van der Waals surface area (Å²) in [6.07, 6.45) is 0. The van der Waals surface area contributed by atoms with Gasteiger partial charge in [0, 0.05) is 0 Å². The van der Waals surface area contributed by atoms with E-state index < -0.39 is 0 Å². The monoisotopic (exact) mass is 238 g/mol. The first-order valence-corrected chi connectivity index (χ1v) is 6.59. The van der Waals surface area contributed by atoms with Crippen LogP contribution in [0.1, 0.15) is 18.1 Å². The molecule has 3 aromatic carbocycles. The highest BCUT2D eigenvalue weighted by Crippen LogP contribution is 2.32. The maximum atomic E-state index is 2.88. The van der Waals surface area contributed by atoms with E-state index in [1.807, 2.05) is 0 Å². The highest BCUT2D eigenvalue weighted by Gasteiger charge is 2.05. The molecule has 0 saturated carbocycles. The number of rotatable bonds is 1. The molecule has 0 aliphatic rings. The van der Waals surface area contributed by atoms with Crippen LogP contribution in [-0.4, -0.2) is 0 Å². The van der Waals surface area contributed by atoms with Crippen LogP contribution >= 0.6 is 9.24 Å². The Morgan fingerprint density at radius 3 is 2.18 bits per heavy atom. The van der Waals surface area contributed by atoms with Crippen molar-refractivity contribution in [2.24, 2.45) is 0 Å². The third kappa shape index (κ3) is 1.83. The maximum Gasteiger partial charge on any atom is -0.00367 e. The standard InChI is InChI=1S/C16H15P/c1-11(17)15-8-4-7-14-9-12-5-2-3-6-13(12)10-16(14)15/h2-11H,17H2,1H3. The molecule has 84 valence electrons.